The van der Waals surface area contributed by atoms with E-state index < -0.39 is 0 Å². The average molecular weight is 320 g/mol. The minimum Gasteiger partial charge on any atom is -0.359 e. The molecule has 1 aliphatic heterocycles. The minimum absolute atomic E-state index is 0.125. The number of fused-ring (bicyclic) bond motifs is 2. The van der Waals surface area contributed by atoms with Crippen LogP contribution in [0, 0.1) is 0 Å². The van der Waals surface area contributed by atoms with Crippen molar-refractivity contribution in [3.8, 4) is 0 Å². The second-order valence-corrected chi connectivity index (χ2v) is 7.02. The number of nitrogens with zero attached hydrogens (tertiary/aromatic N) is 1. The number of anilines is 1. The molecule has 0 saturated carbocycles. The molecule has 124 valence electrons. The van der Waals surface area contributed by atoms with E-state index in [2.05, 4.69) is 65.7 Å². The smallest absolute Gasteiger partial charge is 0.240 e. The summed E-state index contributed by atoms with van der Waals surface area (Å²) in [5.74, 6) is 0.125. The molecule has 4 rings (SSSR count). The highest BCUT2D eigenvalue weighted by Gasteiger charge is 2.28. The van der Waals surface area contributed by atoms with Gasteiger partial charge in [0.2, 0.25) is 5.91 Å². The van der Waals surface area contributed by atoms with Crippen molar-refractivity contribution in [1.29, 1.82) is 0 Å². The molecular formula is C21H24N2O. The van der Waals surface area contributed by atoms with Crippen molar-refractivity contribution in [2.45, 2.75) is 44.7 Å². The molecule has 0 aromatic heterocycles. The van der Waals surface area contributed by atoms with Crippen LogP contribution in [0.3, 0.4) is 0 Å². The number of hydrogen-bond donors (Lipinski definition) is 1. The largest absolute Gasteiger partial charge is 0.359 e. The second kappa shape index (κ2) is 6.31. The van der Waals surface area contributed by atoms with Crippen LogP contribution in [-0.4, -0.2) is 18.5 Å². The third-order valence-corrected chi connectivity index (χ3v) is 5.37. The maximum absolute atomic E-state index is 12.7. The summed E-state index contributed by atoms with van der Waals surface area (Å²) >= 11 is 0. The molecule has 0 radical (unpaired) electrons. The highest BCUT2D eigenvalue weighted by Crippen LogP contribution is 2.32. The van der Waals surface area contributed by atoms with Crippen LogP contribution in [0.4, 0.5) is 5.69 Å². The molecule has 1 N–H and O–H groups in total. The van der Waals surface area contributed by atoms with E-state index in [-0.39, 0.29) is 11.9 Å². The van der Waals surface area contributed by atoms with Gasteiger partial charge in [0.15, 0.2) is 0 Å². The lowest BCUT2D eigenvalue weighted by atomic mass is 9.88. The standard InChI is InChI=1S/C21H24N2O/c1-15-13-17-8-3-5-12-20(17)23(15)14-21(24)22-19-11-6-9-16-7-2-4-10-18(16)19/h2-5,7-8,10,12,15,19H,6,9,11,13-14H2,1H3,(H,22,24)/t15-,19-/m1/s1. The van der Waals surface area contributed by atoms with E-state index in [1.807, 2.05) is 0 Å². The summed E-state index contributed by atoms with van der Waals surface area (Å²) in [6.45, 7) is 2.64. The van der Waals surface area contributed by atoms with E-state index in [0.717, 1.165) is 25.7 Å². The first-order valence-corrected chi connectivity index (χ1v) is 8.94. The van der Waals surface area contributed by atoms with Gasteiger partial charge < -0.3 is 10.2 Å². The molecule has 0 unspecified atom stereocenters. The molecule has 1 amide bonds. The molecule has 3 heteroatoms. The molecule has 3 nitrogen and oxygen atoms in total. The topological polar surface area (TPSA) is 32.3 Å². The molecule has 24 heavy (non-hydrogen) atoms. The Balaban J connectivity index is 1.47. The lowest BCUT2D eigenvalue weighted by Gasteiger charge is -2.29. The summed E-state index contributed by atoms with van der Waals surface area (Å²) in [6.07, 6.45) is 4.33. The molecular weight excluding hydrogens is 296 g/mol. The quantitative estimate of drug-likeness (QED) is 0.936. The van der Waals surface area contributed by atoms with Gasteiger partial charge in [-0.2, -0.15) is 0 Å². The number of carbonyl (C=O) groups excluding carboxylic acids is 1. The SMILES string of the molecule is C[C@@H]1Cc2ccccc2N1CC(=O)N[C@@H]1CCCc2ccccc21. The monoisotopic (exact) mass is 320 g/mol. The lowest BCUT2D eigenvalue weighted by molar-refractivity contribution is -0.120. The summed E-state index contributed by atoms with van der Waals surface area (Å²) in [4.78, 5) is 14.9. The number of nitrogens with one attached hydrogen (secondary N) is 1. The molecule has 0 fully saturated rings. The Morgan fingerprint density at radius 1 is 1.12 bits per heavy atom. The number of aryl methyl sites for hydroxylation is 1. The van der Waals surface area contributed by atoms with Gasteiger partial charge in [0.25, 0.3) is 0 Å². The zero-order valence-corrected chi connectivity index (χ0v) is 14.2. The molecule has 0 bridgehead atoms. The van der Waals surface area contributed by atoms with Crippen LogP contribution in [0.25, 0.3) is 0 Å². The Bertz CT molecular complexity index is 755. The van der Waals surface area contributed by atoms with Crippen LogP contribution in [0.15, 0.2) is 48.5 Å². The zero-order valence-electron chi connectivity index (χ0n) is 14.2. The molecule has 2 aromatic rings. The van der Waals surface area contributed by atoms with Crippen molar-refractivity contribution in [2.75, 3.05) is 11.4 Å². The van der Waals surface area contributed by atoms with Crippen molar-refractivity contribution in [2.24, 2.45) is 0 Å². The van der Waals surface area contributed by atoms with Crippen LogP contribution in [0.2, 0.25) is 0 Å². The van der Waals surface area contributed by atoms with E-state index >= 15 is 0 Å². The van der Waals surface area contributed by atoms with E-state index in [0.29, 0.717) is 12.6 Å². The highest BCUT2D eigenvalue weighted by atomic mass is 16.2. The Morgan fingerprint density at radius 3 is 2.75 bits per heavy atom. The van der Waals surface area contributed by atoms with Gasteiger partial charge in [0.05, 0.1) is 12.6 Å². The van der Waals surface area contributed by atoms with Gasteiger partial charge in [-0.05, 0) is 55.4 Å². The average Bonchev–Trinajstić information content (AvgIpc) is 2.91. The van der Waals surface area contributed by atoms with E-state index in [9.17, 15) is 4.79 Å². The Kier molecular flexibility index (Phi) is 4.01. The van der Waals surface area contributed by atoms with Gasteiger partial charge in [0.1, 0.15) is 0 Å². The zero-order chi connectivity index (χ0) is 16.5. The molecule has 2 aliphatic rings. The van der Waals surface area contributed by atoms with Crippen LogP contribution in [0.1, 0.15) is 42.5 Å². The second-order valence-electron chi connectivity index (χ2n) is 7.02. The number of amides is 1. The maximum Gasteiger partial charge on any atom is 0.240 e. The maximum atomic E-state index is 12.7. The van der Waals surface area contributed by atoms with Crippen molar-refractivity contribution >= 4 is 11.6 Å². The van der Waals surface area contributed by atoms with Gasteiger partial charge in [-0.25, -0.2) is 0 Å². The van der Waals surface area contributed by atoms with Crippen molar-refractivity contribution < 1.29 is 4.79 Å². The molecule has 0 spiro atoms. The number of carbonyl (C=O) groups is 1. The number of hydrogen-bond acceptors (Lipinski definition) is 2. The van der Waals surface area contributed by atoms with Gasteiger partial charge in [-0.3, -0.25) is 4.79 Å². The van der Waals surface area contributed by atoms with Crippen molar-refractivity contribution in [1.82, 2.24) is 5.32 Å². The van der Waals surface area contributed by atoms with Crippen molar-refractivity contribution in [3.63, 3.8) is 0 Å². The lowest BCUT2D eigenvalue weighted by Crippen LogP contribution is -2.42. The van der Waals surface area contributed by atoms with Gasteiger partial charge in [0, 0.05) is 11.7 Å². The van der Waals surface area contributed by atoms with Crippen LogP contribution >= 0.6 is 0 Å². The third-order valence-electron chi connectivity index (χ3n) is 5.37. The van der Waals surface area contributed by atoms with E-state index in [4.69, 9.17) is 0 Å². The fourth-order valence-corrected chi connectivity index (χ4v) is 4.17. The first-order chi connectivity index (χ1) is 11.7. The normalized spacial score (nSPS) is 22.0. The molecule has 0 saturated heterocycles. The fraction of sp³-hybridized carbons (Fsp3) is 0.381. The van der Waals surface area contributed by atoms with Crippen LogP contribution < -0.4 is 10.2 Å². The van der Waals surface area contributed by atoms with Crippen LogP contribution in [0.5, 0.6) is 0 Å². The molecule has 2 atom stereocenters. The summed E-state index contributed by atoms with van der Waals surface area (Å²) in [5, 5.41) is 3.27. The van der Waals surface area contributed by atoms with Crippen molar-refractivity contribution in [3.05, 3.63) is 65.2 Å². The molecule has 2 aromatic carbocycles. The number of para-hydroxylation sites is 1. The predicted octanol–water partition coefficient (Wildman–Crippen LogP) is 3.63. The predicted molar refractivity (Wildman–Crippen MR) is 97.2 cm³/mol. The number of benzene rings is 2. The minimum atomic E-state index is 0.125. The Morgan fingerprint density at radius 2 is 1.88 bits per heavy atom. The van der Waals surface area contributed by atoms with E-state index in [1.54, 1.807) is 0 Å². The highest BCUT2D eigenvalue weighted by molar-refractivity contribution is 5.83. The molecule has 1 heterocycles. The Labute approximate surface area is 143 Å². The fourth-order valence-electron chi connectivity index (χ4n) is 4.17. The third kappa shape index (κ3) is 2.79. The van der Waals surface area contributed by atoms with Crippen LogP contribution in [-0.2, 0) is 17.6 Å². The Hall–Kier alpha value is -2.29. The van der Waals surface area contributed by atoms with E-state index in [1.165, 1.54) is 22.4 Å². The van der Waals surface area contributed by atoms with Gasteiger partial charge >= 0.3 is 0 Å². The number of rotatable bonds is 3. The van der Waals surface area contributed by atoms with Gasteiger partial charge in [-0.15, -0.1) is 0 Å². The summed E-state index contributed by atoms with van der Waals surface area (Å²) in [6, 6.07) is 17.5. The summed E-state index contributed by atoms with van der Waals surface area (Å²) in [5.41, 5.74) is 5.24. The summed E-state index contributed by atoms with van der Waals surface area (Å²) < 4.78 is 0. The molecule has 1 aliphatic carbocycles. The first kappa shape index (κ1) is 15.3. The summed E-state index contributed by atoms with van der Waals surface area (Å²) in [7, 11) is 0. The first-order valence-electron chi connectivity index (χ1n) is 8.94. The van der Waals surface area contributed by atoms with Gasteiger partial charge in [-0.1, -0.05) is 42.5 Å².